The number of carbonyl (C=O) groups excluding carboxylic acids is 2. The average molecular weight is 488 g/mol. The van der Waals surface area contributed by atoms with Gasteiger partial charge in [-0.3, -0.25) is 9.59 Å². The number of piperidine rings is 1. The van der Waals surface area contributed by atoms with Crippen molar-refractivity contribution < 1.29 is 14.3 Å². The van der Waals surface area contributed by atoms with Crippen molar-refractivity contribution in [2.45, 2.75) is 50.9 Å². The van der Waals surface area contributed by atoms with Crippen molar-refractivity contribution >= 4 is 17.6 Å². The van der Waals surface area contributed by atoms with Crippen LogP contribution >= 0.6 is 0 Å². The molecule has 5 fully saturated rings. The van der Waals surface area contributed by atoms with Crippen LogP contribution in [0.15, 0.2) is 18.2 Å². The van der Waals surface area contributed by atoms with Crippen LogP contribution in [0.5, 0.6) is 6.01 Å². The van der Waals surface area contributed by atoms with Crippen LogP contribution in [0.2, 0.25) is 0 Å². The smallest absolute Gasteiger partial charge is 0.321 e. The first-order valence-corrected chi connectivity index (χ1v) is 12.7. The number of rotatable bonds is 9. The zero-order valence-corrected chi connectivity index (χ0v) is 20.1. The Morgan fingerprint density at radius 1 is 1.14 bits per heavy atom. The Labute approximate surface area is 209 Å². The number of ketones is 1. The van der Waals surface area contributed by atoms with Gasteiger partial charge in [-0.15, -0.1) is 0 Å². The molecule has 2 atom stereocenters. The van der Waals surface area contributed by atoms with Gasteiger partial charge in [-0.2, -0.15) is 20.2 Å². The van der Waals surface area contributed by atoms with Gasteiger partial charge in [-0.1, -0.05) is 6.07 Å². The van der Waals surface area contributed by atoms with E-state index >= 15 is 0 Å². The third-order valence-electron chi connectivity index (χ3n) is 8.29. The number of hydrogen-bond acceptors (Lipinski definition) is 9. The molecular formula is C26H29N7O3. The van der Waals surface area contributed by atoms with E-state index in [9.17, 15) is 9.59 Å². The Balaban J connectivity index is 1.17. The highest BCUT2D eigenvalue weighted by Gasteiger charge is 2.57. The molecule has 7 rings (SSSR count). The topological polar surface area (TPSA) is 148 Å². The predicted molar refractivity (Wildman–Crippen MR) is 128 cm³/mol. The van der Waals surface area contributed by atoms with Gasteiger partial charge in [0, 0.05) is 37.0 Å². The molecule has 3 heterocycles. The van der Waals surface area contributed by atoms with Gasteiger partial charge in [-0.25, -0.2) is 4.98 Å². The number of carbonyl (C=O) groups is 2. The minimum absolute atomic E-state index is 0.0254. The lowest BCUT2D eigenvalue weighted by Gasteiger charge is -2.61. The van der Waals surface area contributed by atoms with Crippen molar-refractivity contribution in [1.29, 1.82) is 5.26 Å². The van der Waals surface area contributed by atoms with Gasteiger partial charge in [0.15, 0.2) is 0 Å². The van der Waals surface area contributed by atoms with Crippen molar-refractivity contribution in [2.75, 3.05) is 24.6 Å². The Kier molecular flexibility index (Phi) is 5.58. The SMILES string of the molecule is N#C[C@@H]1C[C@@H]1COc1nc(C(=O)CC23CC(C2)C3)nc(N2CCC(c3cccc(C(N)=O)n3)CC2)n1. The number of pyridine rings is 1. The Hall–Kier alpha value is -3.61. The largest absolute Gasteiger partial charge is 0.463 e. The molecule has 1 saturated heterocycles. The van der Waals surface area contributed by atoms with Crippen LogP contribution < -0.4 is 15.4 Å². The highest BCUT2D eigenvalue weighted by atomic mass is 16.5. The summed E-state index contributed by atoms with van der Waals surface area (Å²) < 4.78 is 5.84. The minimum atomic E-state index is -0.532. The summed E-state index contributed by atoms with van der Waals surface area (Å²) in [5.74, 6) is 1.25. The van der Waals surface area contributed by atoms with Crippen LogP contribution in [0, 0.1) is 34.5 Å². The van der Waals surface area contributed by atoms with Crippen molar-refractivity contribution in [3.05, 3.63) is 35.4 Å². The highest BCUT2D eigenvalue weighted by Crippen LogP contribution is 2.66. The lowest BCUT2D eigenvalue weighted by atomic mass is 9.43. The number of primary amides is 1. The molecule has 1 aliphatic heterocycles. The summed E-state index contributed by atoms with van der Waals surface area (Å²) in [6.45, 7) is 1.72. The summed E-state index contributed by atoms with van der Waals surface area (Å²) in [5, 5.41) is 9.07. The summed E-state index contributed by atoms with van der Waals surface area (Å²) in [6, 6.07) is 7.78. The molecule has 186 valence electrons. The second kappa shape index (κ2) is 8.80. The number of nitriles is 1. The fraction of sp³-hybridized carbons (Fsp3) is 0.577. The van der Waals surface area contributed by atoms with E-state index in [1.807, 2.05) is 12.1 Å². The van der Waals surface area contributed by atoms with E-state index in [1.165, 1.54) is 0 Å². The summed E-state index contributed by atoms with van der Waals surface area (Å²) in [4.78, 5) is 44.6. The number of aromatic nitrogens is 4. The van der Waals surface area contributed by atoms with Crippen molar-refractivity contribution in [3.8, 4) is 12.1 Å². The van der Waals surface area contributed by atoms with E-state index in [2.05, 4.69) is 30.9 Å². The summed E-state index contributed by atoms with van der Waals surface area (Å²) in [7, 11) is 0. The van der Waals surface area contributed by atoms with Gasteiger partial charge in [0.2, 0.25) is 17.6 Å². The van der Waals surface area contributed by atoms with Gasteiger partial charge in [0.25, 0.3) is 5.91 Å². The van der Waals surface area contributed by atoms with Crippen molar-refractivity contribution in [2.24, 2.45) is 28.9 Å². The molecule has 0 aromatic carbocycles. The summed E-state index contributed by atoms with van der Waals surface area (Å²) >= 11 is 0. The molecule has 0 unspecified atom stereocenters. The normalized spacial score (nSPS) is 28.4. The molecule has 10 nitrogen and oxygen atoms in total. The monoisotopic (exact) mass is 487 g/mol. The van der Waals surface area contributed by atoms with E-state index < -0.39 is 5.91 Å². The Bertz CT molecular complexity index is 1230. The van der Waals surface area contributed by atoms with Crippen molar-refractivity contribution in [3.63, 3.8) is 0 Å². The number of ether oxygens (including phenoxy) is 1. The lowest BCUT2D eigenvalue weighted by Crippen LogP contribution is -2.52. The molecule has 4 aliphatic carbocycles. The van der Waals surface area contributed by atoms with Crippen molar-refractivity contribution in [1.82, 2.24) is 19.9 Å². The zero-order chi connectivity index (χ0) is 24.9. The zero-order valence-electron chi connectivity index (χ0n) is 20.1. The Morgan fingerprint density at radius 2 is 1.92 bits per heavy atom. The molecule has 0 radical (unpaired) electrons. The van der Waals surface area contributed by atoms with Gasteiger partial charge < -0.3 is 15.4 Å². The fourth-order valence-corrected chi connectivity index (χ4v) is 5.93. The number of hydrogen-bond donors (Lipinski definition) is 1. The molecule has 2 aromatic heterocycles. The standard InChI is InChI=1S/C26H29N7O3/c27-13-17-8-18(17)14-36-25-31-23(21(34)12-26-9-15(10-26)11-26)30-24(32-25)33-6-4-16(5-7-33)19-2-1-3-20(29-19)22(28)35/h1-3,15-18H,4-12,14H2,(H2,28,35)/t15?,17-,18+,26?/m0/s1. The minimum Gasteiger partial charge on any atom is -0.463 e. The van der Waals surface area contributed by atoms with Crippen LogP contribution in [-0.2, 0) is 0 Å². The molecule has 5 aliphatic rings. The molecule has 36 heavy (non-hydrogen) atoms. The molecule has 4 saturated carbocycles. The number of Topliss-reactive ketones (excluding diaryl/α,β-unsaturated/α-hetero) is 1. The van der Waals surface area contributed by atoms with Crippen LogP contribution in [0.3, 0.4) is 0 Å². The fourth-order valence-electron chi connectivity index (χ4n) is 5.93. The van der Waals surface area contributed by atoms with Gasteiger partial charge in [0.1, 0.15) is 5.69 Å². The predicted octanol–water partition coefficient (Wildman–Crippen LogP) is 2.66. The molecular weight excluding hydrogens is 458 g/mol. The quantitative estimate of drug-likeness (QED) is 0.527. The second-order valence-electron chi connectivity index (χ2n) is 10.9. The molecule has 2 bridgehead atoms. The van der Waals surface area contributed by atoms with Crippen LogP contribution in [-0.4, -0.2) is 51.3 Å². The third-order valence-corrected chi connectivity index (χ3v) is 8.29. The summed E-state index contributed by atoms with van der Waals surface area (Å²) in [5.41, 5.74) is 6.68. The average Bonchev–Trinajstić information content (AvgIpc) is 3.63. The maximum Gasteiger partial charge on any atom is 0.321 e. The first-order chi connectivity index (χ1) is 17.4. The van der Waals surface area contributed by atoms with E-state index in [0.29, 0.717) is 32.1 Å². The molecule has 2 N–H and O–H groups in total. The maximum atomic E-state index is 13.1. The van der Waals surface area contributed by atoms with E-state index in [4.69, 9.17) is 15.7 Å². The van der Waals surface area contributed by atoms with Crippen LogP contribution in [0.4, 0.5) is 5.95 Å². The van der Waals surface area contributed by atoms with Crippen LogP contribution in [0.25, 0.3) is 0 Å². The summed E-state index contributed by atoms with van der Waals surface area (Å²) in [6.07, 6.45) is 6.31. The number of nitrogens with zero attached hydrogens (tertiary/aromatic N) is 6. The van der Waals surface area contributed by atoms with Gasteiger partial charge >= 0.3 is 6.01 Å². The highest BCUT2D eigenvalue weighted by molar-refractivity contribution is 5.93. The third kappa shape index (κ3) is 4.38. The van der Waals surface area contributed by atoms with Gasteiger partial charge in [-0.05, 0) is 62.0 Å². The first kappa shape index (κ1) is 22.8. The van der Waals surface area contributed by atoms with E-state index in [0.717, 1.165) is 50.1 Å². The number of nitrogens with two attached hydrogens (primary N) is 1. The van der Waals surface area contributed by atoms with E-state index in [1.54, 1.807) is 6.07 Å². The lowest BCUT2D eigenvalue weighted by molar-refractivity contribution is -0.103. The van der Waals surface area contributed by atoms with E-state index in [-0.39, 0.29) is 46.5 Å². The van der Waals surface area contributed by atoms with Crippen LogP contribution in [0.1, 0.15) is 77.7 Å². The molecule has 1 amide bonds. The second-order valence-corrected chi connectivity index (χ2v) is 10.9. The number of amides is 1. The molecule has 10 heteroatoms. The Morgan fingerprint density at radius 3 is 2.56 bits per heavy atom. The van der Waals surface area contributed by atoms with Gasteiger partial charge in [0.05, 0.1) is 18.6 Å². The molecule has 2 aromatic rings. The number of anilines is 1. The molecule has 0 spiro atoms. The first-order valence-electron chi connectivity index (χ1n) is 12.7. The maximum absolute atomic E-state index is 13.1.